The third-order valence-electron chi connectivity index (χ3n) is 12.1. The number of ether oxygens (including phenoxy) is 6. The fourth-order valence-electron chi connectivity index (χ4n) is 9.26. The number of carbonyl (C=O) groups excluding carboxylic acids is 2. The molecule has 0 aromatic carbocycles. The van der Waals surface area contributed by atoms with Gasteiger partial charge in [-0.3, -0.25) is 9.59 Å². The molecule has 4 aliphatic rings. The minimum absolute atomic E-state index is 0.0591. The molecule has 0 radical (unpaired) electrons. The summed E-state index contributed by atoms with van der Waals surface area (Å²) in [6, 6.07) is 0. The van der Waals surface area contributed by atoms with Gasteiger partial charge in [0.25, 0.3) is 5.91 Å². The predicted octanol–water partition coefficient (Wildman–Crippen LogP) is 4.35. The van der Waals surface area contributed by atoms with Crippen LogP contribution in [0.15, 0.2) is 23.8 Å². The molecule has 3 saturated carbocycles. The van der Waals surface area contributed by atoms with Crippen LogP contribution in [-0.4, -0.2) is 131 Å². The standard InChI is InChI=1S/C39H63ClFNO10/c1-29-26-33-32-9-8-30-27-31(43)10-11-36(30,2)38(32,41)34(44)28-37(33,3)39(29,46)35(45)42-13-15-48-17-19-50-21-23-52-25-24-51-22-20-49-18-16-47-14-7-5-4-6-12-40/h10-11,27,29,32-34,44,46H,4-9,12-26,28H2,1-3H3,(H,42,45)/t29-,32+,33?,34+,36+,37+,38+,39+/m1/s1. The highest BCUT2D eigenvalue weighted by molar-refractivity contribution is 6.17. The van der Waals surface area contributed by atoms with Gasteiger partial charge >= 0.3 is 0 Å². The van der Waals surface area contributed by atoms with Crippen molar-refractivity contribution in [1.29, 1.82) is 0 Å². The summed E-state index contributed by atoms with van der Waals surface area (Å²) in [6.07, 6.45) is 8.90. The van der Waals surface area contributed by atoms with E-state index in [9.17, 15) is 19.8 Å². The lowest BCUT2D eigenvalue weighted by Crippen LogP contribution is -2.70. The van der Waals surface area contributed by atoms with Crippen molar-refractivity contribution in [2.75, 3.05) is 91.7 Å². The number of alkyl halides is 2. The molecule has 3 N–H and O–H groups in total. The Morgan fingerprint density at radius 2 is 1.40 bits per heavy atom. The van der Waals surface area contributed by atoms with Gasteiger partial charge in [-0.2, -0.15) is 0 Å². The predicted molar refractivity (Wildman–Crippen MR) is 195 cm³/mol. The number of aliphatic hydroxyl groups excluding tert-OH is 1. The summed E-state index contributed by atoms with van der Waals surface area (Å²) >= 11 is 5.66. The average Bonchev–Trinajstić information content (AvgIpc) is 3.32. The molecule has 4 rings (SSSR count). The summed E-state index contributed by atoms with van der Waals surface area (Å²) in [5, 5.41) is 26.4. The topological polar surface area (TPSA) is 142 Å². The molecule has 298 valence electrons. The second-order valence-corrected chi connectivity index (χ2v) is 15.6. The van der Waals surface area contributed by atoms with Gasteiger partial charge in [0.15, 0.2) is 17.1 Å². The van der Waals surface area contributed by atoms with Gasteiger partial charge in [0, 0.05) is 35.8 Å². The van der Waals surface area contributed by atoms with E-state index in [0.717, 1.165) is 38.2 Å². The van der Waals surface area contributed by atoms with Crippen molar-refractivity contribution >= 4 is 23.3 Å². The molecule has 4 aliphatic carbocycles. The number of hydrogen-bond donors (Lipinski definition) is 3. The number of aliphatic hydroxyl groups is 2. The van der Waals surface area contributed by atoms with E-state index in [0.29, 0.717) is 90.9 Å². The number of nitrogens with one attached hydrogen (secondary N) is 1. The first-order chi connectivity index (χ1) is 25.0. The quantitative estimate of drug-likeness (QED) is 0.0909. The van der Waals surface area contributed by atoms with Crippen LogP contribution in [0, 0.1) is 28.6 Å². The van der Waals surface area contributed by atoms with Gasteiger partial charge in [0.2, 0.25) is 0 Å². The van der Waals surface area contributed by atoms with Crippen molar-refractivity contribution in [2.24, 2.45) is 28.6 Å². The first-order valence-electron chi connectivity index (χ1n) is 19.3. The second kappa shape index (κ2) is 20.4. The van der Waals surface area contributed by atoms with Gasteiger partial charge in [-0.1, -0.05) is 38.3 Å². The van der Waals surface area contributed by atoms with Gasteiger partial charge in [-0.05, 0) is 69.4 Å². The van der Waals surface area contributed by atoms with Crippen LogP contribution in [-0.2, 0) is 38.0 Å². The number of rotatable bonds is 25. The molecule has 11 nitrogen and oxygen atoms in total. The Kier molecular flexibility index (Phi) is 17.0. The Morgan fingerprint density at radius 3 is 1.98 bits per heavy atom. The van der Waals surface area contributed by atoms with Crippen LogP contribution >= 0.6 is 11.6 Å². The minimum Gasteiger partial charge on any atom is -0.390 e. The molecular weight excluding hydrogens is 697 g/mol. The third-order valence-corrected chi connectivity index (χ3v) is 12.4. The van der Waals surface area contributed by atoms with E-state index >= 15 is 4.39 Å². The zero-order chi connectivity index (χ0) is 37.7. The van der Waals surface area contributed by atoms with Crippen LogP contribution in [0.25, 0.3) is 0 Å². The van der Waals surface area contributed by atoms with Crippen LogP contribution in [0.3, 0.4) is 0 Å². The Hall–Kier alpha value is -1.48. The Bertz CT molecular complexity index is 1210. The largest absolute Gasteiger partial charge is 0.390 e. The maximum Gasteiger partial charge on any atom is 0.252 e. The van der Waals surface area contributed by atoms with Gasteiger partial charge in [0.1, 0.15) is 0 Å². The van der Waals surface area contributed by atoms with Crippen LogP contribution in [0.4, 0.5) is 4.39 Å². The molecule has 3 fully saturated rings. The van der Waals surface area contributed by atoms with Crippen LogP contribution < -0.4 is 5.32 Å². The van der Waals surface area contributed by atoms with Crippen molar-refractivity contribution in [3.63, 3.8) is 0 Å². The number of ketones is 1. The zero-order valence-electron chi connectivity index (χ0n) is 31.5. The van der Waals surface area contributed by atoms with Gasteiger partial charge in [-0.25, -0.2) is 4.39 Å². The fourth-order valence-corrected chi connectivity index (χ4v) is 9.44. The first-order valence-corrected chi connectivity index (χ1v) is 19.8. The molecule has 1 amide bonds. The van der Waals surface area contributed by atoms with E-state index in [1.165, 1.54) is 12.2 Å². The maximum absolute atomic E-state index is 17.3. The number of unbranched alkanes of at least 4 members (excludes halogenated alkanes) is 3. The van der Waals surface area contributed by atoms with Crippen LogP contribution in [0.2, 0.25) is 0 Å². The number of allylic oxidation sites excluding steroid dienone is 4. The molecule has 0 aliphatic heterocycles. The van der Waals surface area contributed by atoms with Gasteiger partial charge in [0.05, 0.1) is 78.8 Å². The molecule has 0 bridgehead atoms. The number of hydrogen-bond acceptors (Lipinski definition) is 10. The molecular formula is C39H63ClFNO10. The zero-order valence-corrected chi connectivity index (χ0v) is 32.3. The Morgan fingerprint density at radius 1 is 0.865 bits per heavy atom. The van der Waals surface area contributed by atoms with Crippen molar-refractivity contribution in [2.45, 2.75) is 89.5 Å². The maximum atomic E-state index is 17.3. The van der Waals surface area contributed by atoms with E-state index in [2.05, 4.69) is 5.32 Å². The first kappa shape index (κ1) is 43.3. The summed E-state index contributed by atoms with van der Waals surface area (Å²) in [5.41, 5.74) is -5.23. The van der Waals surface area contributed by atoms with Crippen molar-refractivity contribution in [1.82, 2.24) is 5.32 Å². The van der Waals surface area contributed by atoms with E-state index < -0.39 is 45.9 Å². The third kappa shape index (κ3) is 9.66. The molecule has 8 atom stereocenters. The number of halogens is 2. The molecule has 13 heteroatoms. The summed E-state index contributed by atoms with van der Waals surface area (Å²) < 4.78 is 50.5. The van der Waals surface area contributed by atoms with Gasteiger partial charge in [-0.15, -0.1) is 11.6 Å². The monoisotopic (exact) mass is 759 g/mol. The normalized spacial score (nSPS) is 33.8. The average molecular weight is 760 g/mol. The summed E-state index contributed by atoms with van der Waals surface area (Å²) in [7, 11) is 0. The Labute approximate surface area is 314 Å². The van der Waals surface area contributed by atoms with Crippen molar-refractivity contribution in [3.8, 4) is 0 Å². The Balaban J connectivity index is 1.03. The highest BCUT2D eigenvalue weighted by Crippen LogP contribution is 2.70. The van der Waals surface area contributed by atoms with E-state index in [1.807, 2.05) is 13.8 Å². The van der Waals surface area contributed by atoms with Crippen LogP contribution in [0.1, 0.15) is 72.1 Å². The number of fused-ring (bicyclic) bond motifs is 5. The van der Waals surface area contributed by atoms with Crippen LogP contribution in [0.5, 0.6) is 0 Å². The van der Waals surface area contributed by atoms with Crippen molar-refractivity contribution in [3.05, 3.63) is 23.8 Å². The lowest BCUT2D eigenvalue weighted by molar-refractivity contribution is -0.219. The lowest BCUT2D eigenvalue weighted by Gasteiger charge is -2.62. The lowest BCUT2D eigenvalue weighted by atomic mass is 9.44. The summed E-state index contributed by atoms with van der Waals surface area (Å²) in [4.78, 5) is 25.7. The fraction of sp³-hybridized carbons (Fsp3) is 0.846. The number of carbonyl (C=O) groups is 2. The van der Waals surface area contributed by atoms with E-state index in [1.54, 1.807) is 13.0 Å². The molecule has 0 saturated heterocycles. The van der Waals surface area contributed by atoms with E-state index in [4.69, 9.17) is 40.0 Å². The molecule has 52 heavy (non-hydrogen) atoms. The number of amides is 1. The molecule has 0 heterocycles. The smallest absolute Gasteiger partial charge is 0.252 e. The van der Waals surface area contributed by atoms with Gasteiger partial charge < -0.3 is 44.0 Å². The summed E-state index contributed by atoms with van der Waals surface area (Å²) in [6.45, 7) is 11.2. The SMILES string of the molecule is C[C@@H]1CC2[C@@H]3CCC4=CC(=O)C=C[C@]4(C)[C@@]3(F)[C@@H](O)C[C@]2(C)[C@@]1(O)C(=O)NCCOCCOCCOCCOCCOCCOCCCCCCCl. The molecule has 0 aromatic heterocycles. The highest BCUT2D eigenvalue weighted by Gasteiger charge is 2.75. The molecule has 1 unspecified atom stereocenters. The van der Waals surface area contributed by atoms with Crippen molar-refractivity contribution < 1.29 is 52.6 Å². The second-order valence-electron chi connectivity index (χ2n) is 15.2. The van der Waals surface area contributed by atoms with E-state index in [-0.39, 0.29) is 31.3 Å². The minimum atomic E-state index is -2.01. The molecule has 0 aromatic rings. The molecule has 0 spiro atoms. The highest BCUT2D eigenvalue weighted by atomic mass is 35.5. The summed E-state index contributed by atoms with van der Waals surface area (Å²) in [5.74, 6) is -1.29.